The van der Waals surface area contributed by atoms with Gasteiger partial charge in [-0.1, -0.05) is 12.1 Å². The van der Waals surface area contributed by atoms with Gasteiger partial charge < -0.3 is 15.0 Å². The number of hydrogen-bond acceptors (Lipinski definition) is 3. The minimum Gasteiger partial charge on any atom is -0.492 e. The zero-order valence-corrected chi connectivity index (χ0v) is 13.4. The lowest BCUT2D eigenvalue weighted by Gasteiger charge is -2.17. The van der Waals surface area contributed by atoms with E-state index in [1.165, 1.54) is 18.5 Å². The molecule has 2 aromatic carbocycles. The van der Waals surface area contributed by atoms with Crippen molar-refractivity contribution < 1.29 is 9.53 Å². The Kier molecular flexibility index (Phi) is 4.81. The molecule has 1 heterocycles. The maximum Gasteiger partial charge on any atom is 0.255 e. The van der Waals surface area contributed by atoms with Gasteiger partial charge in [0.2, 0.25) is 0 Å². The number of para-hydroxylation sites is 2. The summed E-state index contributed by atoms with van der Waals surface area (Å²) in [5.74, 6) is 0.571. The Bertz CT molecular complexity index is 661. The highest BCUT2D eigenvalue weighted by atomic mass is 16.5. The third-order valence-corrected chi connectivity index (χ3v) is 4.04. The van der Waals surface area contributed by atoms with Gasteiger partial charge in [-0.15, -0.1) is 0 Å². The molecule has 0 bridgehead atoms. The lowest BCUT2D eigenvalue weighted by Crippen LogP contribution is -2.18. The average Bonchev–Trinajstić information content (AvgIpc) is 3.11. The first-order valence-corrected chi connectivity index (χ1v) is 8.16. The Balaban J connectivity index is 1.71. The van der Waals surface area contributed by atoms with Gasteiger partial charge in [-0.05, 0) is 56.2 Å². The van der Waals surface area contributed by atoms with Gasteiger partial charge in [0, 0.05) is 24.3 Å². The van der Waals surface area contributed by atoms with Crippen LogP contribution in [0.2, 0.25) is 0 Å². The molecule has 0 radical (unpaired) electrons. The van der Waals surface area contributed by atoms with Gasteiger partial charge in [-0.3, -0.25) is 4.79 Å². The molecule has 0 saturated carbocycles. The number of benzene rings is 2. The first-order valence-electron chi connectivity index (χ1n) is 8.16. The van der Waals surface area contributed by atoms with Crippen LogP contribution in [0.15, 0.2) is 48.5 Å². The van der Waals surface area contributed by atoms with Crippen molar-refractivity contribution in [2.24, 2.45) is 0 Å². The third kappa shape index (κ3) is 3.65. The van der Waals surface area contributed by atoms with E-state index in [4.69, 9.17) is 4.74 Å². The molecule has 1 amide bonds. The Hall–Kier alpha value is -2.49. The van der Waals surface area contributed by atoms with E-state index in [2.05, 4.69) is 10.2 Å². The van der Waals surface area contributed by atoms with Crippen molar-refractivity contribution in [3.63, 3.8) is 0 Å². The zero-order chi connectivity index (χ0) is 16.1. The molecule has 120 valence electrons. The van der Waals surface area contributed by atoms with Gasteiger partial charge >= 0.3 is 0 Å². The molecule has 1 N–H and O–H groups in total. The number of rotatable bonds is 5. The van der Waals surface area contributed by atoms with Gasteiger partial charge in [-0.25, -0.2) is 0 Å². The fraction of sp³-hybridized carbons (Fsp3) is 0.316. The van der Waals surface area contributed by atoms with Crippen LogP contribution >= 0.6 is 0 Å². The highest BCUT2D eigenvalue weighted by Crippen LogP contribution is 2.25. The van der Waals surface area contributed by atoms with Crippen molar-refractivity contribution in [1.29, 1.82) is 0 Å². The van der Waals surface area contributed by atoms with Crippen LogP contribution in [0.5, 0.6) is 5.75 Å². The van der Waals surface area contributed by atoms with E-state index >= 15 is 0 Å². The van der Waals surface area contributed by atoms with Crippen molar-refractivity contribution in [2.75, 3.05) is 29.9 Å². The first kappa shape index (κ1) is 15.4. The van der Waals surface area contributed by atoms with Crippen LogP contribution in [0.3, 0.4) is 0 Å². The van der Waals surface area contributed by atoms with Gasteiger partial charge in [0.1, 0.15) is 5.75 Å². The summed E-state index contributed by atoms with van der Waals surface area (Å²) in [5.41, 5.74) is 2.54. The lowest BCUT2D eigenvalue weighted by atomic mass is 10.1. The molecule has 3 rings (SSSR count). The summed E-state index contributed by atoms with van der Waals surface area (Å²) in [6.45, 7) is 4.70. The Labute approximate surface area is 137 Å². The molecule has 0 aliphatic carbocycles. The summed E-state index contributed by atoms with van der Waals surface area (Å²) < 4.78 is 5.54. The summed E-state index contributed by atoms with van der Waals surface area (Å²) in [6.07, 6.45) is 2.49. The monoisotopic (exact) mass is 310 g/mol. The molecule has 0 unspecified atom stereocenters. The largest absolute Gasteiger partial charge is 0.492 e. The molecular weight excluding hydrogens is 288 g/mol. The SMILES string of the molecule is CCOc1ccccc1NC(=O)c1ccc(N2CCCC2)cc1. The Morgan fingerprint density at radius 2 is 1.78 bits per heavy atom. The second-order valence-corrected chi connectivity index (χ2v) is 5.62. The molecule has 1 aliphatic rings. The topological polar surface area (TPSA) is 41.6 Å². The fourth-order valence-corrected chi connectivity index (χ4v) is 2.84. The number of nitrogens with one attached hydrogen (secondary N) is 1. The van der Waals surface area contributed by atoms with E-state index in [1.54, 1.807) is 0 Å². The predicted molar refractivity (Wildman–Crippen MR) is 93.5 cm³/mol. The molecular formula is C19H22N2O2. The van der Waals surface area contributed by atoms with Crippen LogP contribution in [0.1, 0.15) is 30.1 Å². The van der Waals surface area contributed by atoms with Crippen LogP contribution in [0.4, 0.5) is 11.4 Å². The van der Waals surface area contributed by atoms with Crippen LogP contribution in [0, 0.1) is 0 Å². The molecule has 1 fully saturated rings. The standard InChI is InChI=1S/C19H22N2O2/c1-2-23-18-8-4-3-7-17(18)20-19(22)15-9-11-16(12-10-15)21-13-5-6-14-21/h3-4,7-12H,2,5-6,13-14H2,1H3,(H,20,22). The highest BCUT2D eigenvalue weighted by Gasteiger charge is 2.14. The number of hydrogen-bond donors (Lipinski definition) is 1. The molecule has 0 spiro atoms. The van der Waals surface area contributed by atoms with Gasteiger partial charge in [0.25, 0.3) is 5.91 Å². The van der Waals surface area contributed by atoms with Gasteiger partial charge in [0.05, 0.1) is 12.3 Å². The second-order valence-electron chi connectivity index (χ2n) is 5.62. The number of nitrogens with zero attached hydrogens (tertiary/aromatic N) is 1. The molecule has 1 saturated heterocycles. The summed E-state index contributed by atoms with van der Waals surface area (Å²) in [6, 6.07) is 15.3. The quantitative estimate of drug-likeness (QED) is 0.909. The van der Waals surface area contributed by atoms with E-state index < -0.39 is 0 Å². The van der Waals surface area contributed by atoms with E-state index in [1.807, 2.05) is 55.5 Å². The highest BCUT2D eigenvalue weighted by molar-refractivity contribution is 6.05. The minimum atomic E-state index is -0.120. The number of ether oxygens (including phenoxy) is 1. The number of amides is 1. The maximum atomic E-state index is 12.4. The van der Waals surface area contributed by atoms with Gasteiger partial charge in [-0.2, -0.15) is 0 Å². The molecule has 4 nitrogen and oxygen atoms in total. The van der Waals surface area contributed by atoms with Crippen molar-refractivity contribution in [1.82, 2.24) is 0 Å². The number of carbonyl (C=O) groups excluding carboxylic acids is 1. The van der Waals surface area contributed by atoms with Crippen molar-refractivity contribution in [3.05, 3.63) is 54.1 Å². The molecule has 2 aromatic rings. The van der Waals surface area contributed by atoms with E-state index in [9.17, 15) is 4.79 Å². The van der Waals surface area contributed by atoms with Crippen molar-refractivity contribution >= 4 is 17.3 Å². The molecule has 0 atom stereocenters. The van der Waals surface area contributed by atoms with E-state index in [0.717, 1.165) is 13.1 Å². The Morgan fingerprint density at radius 1 is 1.09 bits per heavy atom. The maximum absolute atomic E-state index is 12.4. The molecule has 4 heteroatoms. The van der Waals surface area contributed by atoms with Crippen LogP contribution in [0.25, 0.3) is 0 Å². The predicted octanol–water partition coefficient (Wildman–Crippen LogP) is 3.94. The number of anilines is 2. The second kappa shape index (κ2) is 7.18. The number of carbonyl (C=O) groups is 1. The Morgan fingerprint density at radius 3 is 2.48 bits per heavy atom. The van der Waals surface area contributed by atoms with Crippen LogP contribution in [-0.2, 0) is 0 Å². The minimum absolute atomic E-state index is 0.120. The molecule has 23 heavy (non-hydrogen) atoms. The molecule has 1 aliphatic heterocycles. The van der Waals surface area contributed by atoms with Crippen LogP contribution in [-0.4, -0.2) is 25.6 Å². The first-order chi connectivity index (χ1) is 11.3. The summed E-state index contributed by atoms with van der Waals surface area (Å²) in [4.78, 5) is 14.8. The lowest BCUT2D eigenvalue weighted by molar-refractivity contribution is 0.102. The third-order valence-electron chi connectivity index (χ3n) is 4.04. The summed E-state index contributed by atoms with van der Waals surface area (Å²) >= 11 is 0. The smallest absolute Gasteiger partial charge is 0.255 e. The van der Waals surface area contributed by atoms with E-state index in [0.29, 0.717) is 23.6 Å². The molecule has 0 aromatic heterocycles. The van der Waals surface area contributed by atoms with Gasteiger partial charge in [0.15, 0.2) is 0 Å². The van der Waals surface area contributed by atoms with Crippen molar-refractivity contribution in [3.8, 4) is 5.75 Å². The van der Waals surface area contributed by atoms with Crippen LogP contribution < -0.4 is 15.0 Å². The zero-order valence-electron chi connectivity index (χ0n) is 13.4. The average molecular weight is 310 g/mol. The fourth-order valence-electron chi connectivity index (χ4n) is 2.84. The normalized spacial score (nSPS) is 13.9. The summed E-state index contributed by atoms with van der Waals surface area (Å²) in [5, 5.41) is 2.92. The summed E-state index contributed by atoms with van der Waals surface area (Å²) in [7, 11) is 0. The van der Waals surface area contributed by atoms with E-state index in [-0.39, 0.29) is 5.91 Å². The van der Waals surface area contributed by atoms with Crippen molar-refractivity contribution in [2.45, 2.75) is 19.8 Å².